The summed E-state index contributed by atoms with van der Waals surface area (Å²) in [6.07, 6.45) is 0.947. The van der Waals surface area contributed by atoms with E-state index in [-0.39, 0.29) is 5.91 Å². The summed E-state index contributed by atoms with van der Waals surface area (Å²) in [4.78, 5) is 12.2. The molecule has 4 heteroatoms. The largest absolute Gasteiger partial charge is 0.397 e. The molecule has 3 N–H and O–H groups in total. The van der Waals surface area contributed by atoms with Crippen molar-refractivity contribution in [2.75, 3.05) is 11.1 Å². The molecule has 0 unspecified atom stereocenters. The van der Waals surface area contributed by atoms with Gasteiger partial charge in [0.05, 0.1) is 11.4 Å². The first-order chi connectivity index (χ1) is 9.51. The number of nitrogens with two attached hydrogens (primary N) is 1. The minimum absolute atomic E-state index is 0.195. The number of nitrogen functional groups attached to an aromatic ring is 1. The second kappa shape index (κ2) is 5.97. The van der Waals surface area contributed by atoms with Crippen LogP contribution in [0.2, 0.25) is 5.02 Å². The van der Waals surface area contributed by atoms with Crippen LogP contribution in [0.25, 0.3) is 0 Å². The highest BCUT2D eigenvalue weighted by molar-refractivity contribution is 6.32. The summed E-state index contributed by atoms with van der Waals surface area (Å²) in [7, 11) is 0. The Balaban J connectivity index is 2.20. The van der Waals surface area contributed by atoms with Gasteiger partial charge in [-0.3, -0.25) is 4.79 Å². The Morgan fingerprint density at radius 3 is 2.50 bits per heavy atom. The number of hydrogen-bond acceptors (Lipinski definition) is 2. The quantitative estimate of drug-likeness (QED) is 0.837. The van der Waals surface area contributed by atoms with Crippen LogP contribution in [0.5, 0.6) is 0 Å². The third kappa shape index (κ3) is 3.11. The fraction of sp³-hybridized carbons (Fsp3) is 0.188. The van der Waals surface area contributed by atoms with Crippen molar-refractivity contribution in [3.63, 3.8) is 0 Å². The normalized spacial score (nSPS) is 10.3. The van der Waals surface area contributed by atoms with Crippen molar-refractivity contribution in [1.82, 2.24) is 0 Å². The van der Waals surface area contributed by atoms with Crippen molar-refractivity contribution in [1.29, 1.82) is 0 Å². The highest BCUT2D eigenvalue weighted by Crippen LogP contribution is 2.27. The maximum atomic E-state index is 12.2. The van der Waals surface area contributed by atoms with Crippen molar-refractivity contribution in [3.05, 3.63) is 58.1 Å². The Morgan fingerprint density at radius 1 is 1.25 bits per heavy atom. The molecule has 1 amide bonds. The molecule has 2 aromatic carbocycles. The van der Waals surface area contributed by atoms with E-state index in [2.05, 4.69) is 12.2 Å². The van der Waals surface area contributed by atoms with E-state index in [0.29, 0.717) is 22.0 Å². The molecule has 0 atom stereocenters. The van der Waals surface area contributed by atoms with Crippen LogP contribution in [-0.2, 0) is 6.42 Å². The minimum atomic E-state index is -0.195. The van der Waals surface area contributed by atoms with Gasteiger partial charge in [-0.15, -0.1) is 0 Å². The van der Waals surface area contributed by atoms with Crippen molar-refractivity contribution < 1.29 is 4.79 Å². The van der Waals surface area contributed by atoms with Crippen LogP contribution in [0.1, 0.15) is 28.4 Å². The summed E-state index contributed by atoms with van der Waals surface area (Å²) in [5, 5.41) is 3.36. The summed E-state index contributed by atoms with van der Waals surface area (Å²) in [6.45, 7) is 3.94. The topological polar surface area (TPSA) is 55.1 Å². The number of carbonyl (C=O) groups excluding carboxylic acids is 1. The molecule has 104 valence electrons. The van der Waals surface area contributed by atoms with Gasteiger partial charge in [0.1, 0.15) is 0 Å². The number of carbonyl (C=O) groups is 1. The highest BCUT2D eigenvalue weighted by atomic mass is 35.5. The molecule has 3 nitrogen and oxygen atoms in total. The van der Waals surface area contributed by atoms with Gasteiger partial charge >= 0.3 is 0 Å². The van der Waals surface area contributed by atoms with Crippen molar-refractivity contribution in [2.24, 2.45) is 0 Å². The molecular weight excluding hydrogens is 272 g/mol. The maximum absolute atomic E-state index is 12.2. The molecule has 0 heterocycles. The van der Waals surface area contributed by atoms with Gasteiger partial charge in [0.25, 0.3) is 5.91 Å². The van der Waals surface area contributed by atoms with Crippen molar-refractivity contribution >= 4 is 28.9 Å². The fourth-order valence-corrected chi connectivity index (χ4v) is 2.06. The smallest absolute Gasteiger partial charge is 0.255 e. The molecule has 0 aromatic heterocycles. The van der Waals surface area contributed by atoms with E-state index in [0.717, 1.165) is 12.0 Å². The van der Waals surface area contributed by atoms with Crippen LogP contribution >= 0.6 is 11.6 Å². The zero-order valence-corrected chi connectivity index (χ0v) is 12.3. The van der Waals surface area contributed by atoms with Crippen LogP contribution in [0.15, 0.2) is 36.4 Å². The Morgan fingerprint density at radius 2 is 1.90 bits per heavy atom. The molecule has 20 heavy (non-hydrogen) atoms. The van der Waals surface area contributed by atoms with Gasteiger partial charge in [-0.25, -0.2) is 0 Å². The lowest BCUT2D eigenvalue weighted by atomic mass is 10.1. The molecule has 0 aliphatic rings. The van der Waals surface area contributed by atoms with E-state index in [1.54, 1.807) is 24.3 Å². The Hall–Kier alpha value is -2.00. The molecule has 0 aliphatic heterocycles. The summed E-state index contributed by atoms with van der Waals surface area (Å²) < 4.78 is 0. The minimum Gasteiger partial charge on any atom is -0.397 e. The van der Waals surface area contributed by atoms with E-state index >= 15 is 0 Å². The number of nitrogens with one attached hydrogen (secondary N) is 1. The lowest BCUT2D eigenvalue weighted by molar-refractivity contribution is 0.102. The molecule has 0 saturated heterocycles. The zero-order chi connectivity index (χ0) is 14.7. The number of anilines is 2. The van der Waals surface area contributed by atoms with Crippen LogP contribution in [-0.4, -0.2) is 5.91 Å². The standard InChI is InChI=1S/C16H17ClN2O/c1-3-11-4-6-12(7-5-11)16(20)19-15-9-13(17)10(2)8-14(15)18/h4-9H,3,18H2,1-2H3,(H,19,20). The fourth-order valence-electron chi connectivity index (χ4n) is 1.90. The molecule has 2 rings (SSSR count). The highest BCUT2D eigenvalue weighted by Gasteiger charge is 2.09. The third-order valence-electron chi connectivity index (χ3n) is 3.20. The lowest BCUT2D eigenvalue weighted by Gasteiger charge is -2.10. The molecule has 0 bridgehead atoms. The van der Waals surface area contributed by atoms with Crippen LogP contribution in [0, 0.1) is 6.92 Å². The first-order valence-corrected chi connectivity index (χ1v) is 6.85. The number of halogens is 1. The summed E-state index contributed by atoms with van der Waals surface area (Å²) in [5.74, 6) is -0.195. The third-order valence-corrected chi connectivity index (χ3v) is 3.61. The summed E-state index contributed by atoms with van der Waals surface area (Å²) >= 11 is 6.05. The van der Waals surface area contributed by atoms with Gasteiger partial charge in [-0.2, -0.15) is 0 Å². The number of amides is 1. The molecule has 0 saturated carbocycles. The van der Waals surface area contributed by atoms with E-state index in [4.69, 9.17) is 17.3 Å². The Bertz CT molecular complexity index is 636. The predicted octanol–water partition coefficient (Wildman–Crippen LogP) is 4.05. The molecule has 0 aliphatic carbocycles. The average Bonchev–Trinajstić information content (AvgIpc) is 2.44. The maximum Gasteiger partial charge on any atom is 0.255 e. The summed E-state index contributed by atoms with van der Waals surface area (Å²) in [6, 6.07) is 10.9. The molecule has 2 aromatic rings. The average molecular weight is 289 g/mol. The zero-order valence-electron chi connectivity index (χ0n) is 11.5. The molecular formula is C16H17ClN2O. The first-order valence-electron chi connectivity index (χ1n) is 6.47. The van der Waals surface area contributed by atoms with E-state index in [1.807, 2.05) is 19.1 Å². The number of rotatable bonds is 3. The number of hydrogen-bond donors (Lipinski definition) is 2. The number of benzene rings is 2. The predicted molar refractivity (Wildman–Crippen MR) is 84.4 cm³/mol. The van der Waals surface area contributed by atoms with Crippen molar-refractivity contribution in [2.45, 2.75) is 20.3 Å². The molecule has 0 radical (unpaired) electrons. The van der Waals surface area contributed by atoms with Gasteiger partial charge in [-0.1, -0.05) is 30.7 Å². The van der Waals surface area contributed by atoms with E-state index in [1.165, 1.54) is 5.56 Å². The SMILES string of the molecule is CCc1ccc(C(=O)Nc2cc(Cl)c(C)cc2N)cc1. The van der Waals surface area contributed by atoms with E-state index < -0.39 is 0 Å². The van der Waals surface area contributed by atoms with Crippen molar-refractivity contribution in [3.8, 4) is 0 Å². The Labute approximate surface area is 123 Å². The lowest BCUT2D eigenvalue weighted by Crippen LogP contribution is -2.13. The van der Waals surface area contributed by atoms with Crippen LogP contribution in [0.4, 0.5) is 11.4 Å². The monoisotopic (exact) mass is 288 g/mol. The van der Waals surface area contributed by atoms with Crippen LogP contribution in [0.3, 0.4) is 0 Å². The van der Waals surface area contributed by atoms with E-state index in [9.17, 15) is 4.79 Å². The van der Waals surface area contributed by atoms with Gasteiger partial charge in [0.15, 0.2) is 0 Å². The first kappa shape index (κ1) is 14.4. The second-order valence-corrected chi connectivity index (χ2v) is 5.10. The van der Waals surface area contributed by atoms with Gasteiger partial charge in [0.2, 0.25) is 0 Å². The number of aryl methyl sites for hydroxylation is 2. The van der Waals surface area contributed by atoms with Gasteiger partial charge in [0, 0.05) is 10.6 Å². The molecule has 0 spiro atoms. The molecule has 0 fully saturated rings. The summed E-state index contributed by atoms with van der Waals surface area (Å²) in [5.41, 5.74) is 9.60. The van der Waals surface area contributed by atoms with Gasteiger partial charge in [-0.05, 0) is 48.7 Å². The Kier molecular flexibility index (Phi) is 4.30. The second-order valence-electron chi connectivity index (χ2n) is 4.69. The van der Waals surface area contributed by atoms with Crippen LogP contribution < -0.4 is 11.1 Å². The van der Waals surface area contributed by atoms with Gasteiger partial charge < -0.3 is 11.1 Å².